The zero-order valence-electron chi connectivity index (χ0n) is 11.3. The minimum absolute atomic E-state index is 0.0460. The van der Waals surface area contributed by atoms with E-state index in [1.165, 1.54) is 19.2 Å². The lowest BCUT2D eigenvalue weighted by Gasteiger charge is -2.13. The fraction of sp³-hybridized carbons (Fsp3) is 0.286. The van der Waals surface area contributed by atoms with Gasteiger partial charge in [-0.3, -0.25) is 0 Å². The lowest BCUT2D eigenvalue weighted by molar-refractivity contribution is -0.133. The number of methoxy groups -OCH3 is 1. The summed E-state index contributed by atoms with van der Waals surface area (Å²) in [6.07, 6.45) is 1.56. The van der Waals surface area contributed by atoms with Gasteiger partial charge >= 0.3 is 5.97 Å². The molecule has 0 radical (unpaired) electrons. The molecule has 0 saturated heterocycles. The van der Waals surface area contributed by atoms with Crippen molar-refractivity contribution in [2.45, 2.75) is 6.92 Å². The molecule has 0 aliphatic carbocycles. The van der Waals surface area contributed by atoms with Crippen LogP contribution in [0.1, 0.15) is 16.7 Å². The summed E-state index contributed by atoms with van der Waals surface area (Å²) in [7, 11) is 4.76. The fourth-order valence-corrected chi connectivity index (χ4v) is 1.66. The number of halogens is 1. The first-order valence-corrected chi connectivity index (χ1v) is 5.58. The molecule has 5 heteroatoms. The minimum atomic E-state index is -0.656. The molecule has 0 saturated carbocycles. The second kappa shape index (κ2) is 6.01. The summed E-state index contributed by atoms with van der Waals surface area (Å²) in [5.41, 5.74) is 1.25. The van der Waals surface area contributed by atoms with Gasteiger partial charge in [-0.25, -0.2) is 9.18 Å². The number of ether oxygens (including phenoxy) is 1. The van der Waals surface area contributed by atoms with Gasteiger partial charge in [0.05, 0.1) is 18.2 Å². The smallest absolute Gasteiger partial charge is 0.339 e. The summed E-state index contributed by atoms with van der Waals surface area (Å²) in [6.45, 7) is 1.71. The topological polar surface area (TPSA) is 53.3 Å². The Morgan fingerprint density at radius 2 is 2.11 bits per heavy atom. The number of carbonyl (C=O) groups is 1. The van der Waals surface area contributed by atoms with E-state index in [2.05, 4.69) is 0 Å². The molecule has 0 amide bonds. The summed E-state index contributed by atoms with van der Waals surface area (Å²) < 4.78 is 18.4. The van der Waals surface area contributed by atoms with Crippen molar-refractivity contribution < 1.29 is 13.9 Å². The number of aryl methyl sites for hydroxylation is 1. The van der Waals surface area contributed by atoms with E-state index in [0.29, 0.717) is 11.1 Å². The number of benzene rings is 1. The summed E-state index contributed by atoms with van der Waals surface area (Å²) >= 11 is 0. The first kappa shape index (κ1) is 14.7. The molecule has 1 aromatic rings. The maximum absolute atomic E-state index is 13.7. The molecule has 0 bridgehead atoms. The van der Waals surface area contributed by atoms with Gasteiger partial charge in [0.15, 0.2) is 0 Å². The molecule has 0 N–H and O–H groups in total. The van der Waals surface area contributed by atoms with Crippen LogP contribution in [0, 0.1) is 24.1 Å². The van der Waals surface area contributed by atoms with E-state index < -0.39 is 11.8 Å². The highest BCUT2D eigenvalue weighted by atomic mass is 19.1. The molecule has 0 fully saturated rings. The first-order valence-electron chi connectivity index (χ1n) is 5.58. The Kier molecular flexibility index (Phi) is 4.65. The maximum Gasteiger partial charge on any atom is 0.339 e. The van der Waals surface area contributed by atoms with E-state index in [0.717, 1.165) is 0 Å². The number of esters is 1. The van der Waals surface area contributed by atoms with Crippen LogP contribution in [-0.2, 0) is 9.53 Å². The highest BCUT2D eigenvalue weighted by Crippen LogP contribution is 2.23. The van der Waals surface area contributed by atoms with Crippen molar-refractivity contribution in [3.8, 4) is 6.07 Å². The molecule has 100 valence electrons. The molecule has 1 rings (SSSR count). The molecule has 0 aromatic heterocycles. The Labute approximate surface area is 111 Å². The summed E-state index contributed by atoms with van der Waals surface area (Å²) in [5, 5.41) is 8.77. The van der Waals surface area contributed by atoms with Crippen LogP contribution in [0.4, 0.5) is 4.39 Å². The lowest BCUT2D eigenvalue weighted by atomic mass is 9.98. The molecular formula is C14H15FN2O2. The average molecular weight is 262 g/mol. The lowest BCUT2D eigenvalue weighted by Crippen LogP contribution is -2.11. The van der Waals surface area contributed by atoms with E-state index in [9.17, 15) is 9.18 Å². The van der Waals surface area contributed by atoms with Crippen LogP contribution in [0.25, 0.3) is 5.57 Å². The Morgan fingerprint density at radius 3 is 2.58 bits per heavy atom. The Balaban J connectivity index is 3.45. The van der Waals surface area contributed by atoms with Gasteiger partial charge in [0, 0.05) is 20.3 Å². The third kappa shape index (κ3) is 3.32. The fourth-order valence-electron chi connectivity index (χ4n) is 1.66. The van der Waals surface area contributed by atoms with E-state index in [1.54, 1.807) is 38.2 Å². The quantitative estimate of drug-likeness (QED) is 0.618. The van der Waals surface area contributed by atoms with Crippen LogP contribution >= 0.6 is 0 Å². The largest absolute Gasteiger partial charge is 0.465 e. The van der Waals surface area contributed by atoms with Crippen LogP contribution in [0.3, 0.4) is 0 Å². The normalized spacial score (nSPS) is 10.8. The van der Waals surface area contributed by atoms with Crippen LogP contribution < -0.4 is 0 Å². The van der Waals surface area contributed by atoms with E-state index >= 15 is 0 Å². The molecule has 0 aliphatic heterocycles. The second-order valence-corrected chi connectivity index (χ2v) is 4.26. The van der Waals surface area contributed by atoms with Crippen molar-refractivity contribution in [3.63, 3.8) is 0 Å². The van der Waals surface area contributed by atoms with Crippen LogP contribution in [-0.4, -0.2) is 32.1 Å². The average Bonchev–Trinajstić information content (AvgIpc) is 2.37. The molecule has 4 nitrogen and oxygen atoms in total. The van der Waals surface area contributed by atoms with Gasteiger partial charge in [-0.1, -0.05) is 0 Å². The summed E-state index contributed by atoms with van der Waals surface area (Å²) in [4.78, 5) is 13.4. The zero-order chi connectivity index (χ0) is 14.6. The van der Waals surface area contributed by atoms with Crippen molar-refractivity contribution in [1.29, 1.82) is 5.26 Å². The van der Waals surface area contributed by atoms with Crippen molar-refractivity contribution in [3.05, 3.63) is 40.8 Å². The highest BCUT2D eigenvalue weighted by molar-refractivity contribution is 6.16. The molecule has 0 aliphatic rings. The van der Waals surface area contributed by atoms with Crippen molar-refractivity contribution >= 4 is 11.5 Å². The zero-order valence-corrected chi connectivity index (χ0v) is 11.3. The van der Waals surface area contributed by atoms with E-state index in [4.69, 9.17) is 10.00 Å². The number of hydrogen-bond acceptors (Lipinski definition) is 4. The molecule has 0 heterocycles. The number of hydrogen-bond donors (Lipinski definition) is 0. The molecular weight excluding hydrogens is 247 g/mol. The van der Waals surface area contributed by atoms with Crippen LogP contribution in [0.15, 0.2) is 18.3 Å². The third-order valence-electron chi connectivity index (χ3n) is 2.52. The van der Waals surface area contributed by atoms with E-state index in [-0.39, 0.29) is 11.1 Å². The predicted octanol–water partition coefficient (Wildman–Crippen LogP) is 2.08. The highest BCUT2D eigenvalue weighted by Gasteiger charge is 2.17. The molecule has 0 spiro atoms. The molecule has 0 atom stereocenters. The van der Waals surface area contributed by atoms with Gasteiger partial charge in [-0.15, -0.1) is 0 Å². The van der Waals surface area contributed by atoms with Gasteiger partial charge in [0.1, 0.15) is 11.9 Å². The Morgan fingerprint density at radius 1 is 1.47 bits per heavy atom. The third-order valence-corrected chi connectivity index (χ3v) is 2.52. The van der Waals surface area contributed by atoms with Crippen LogP contribution in [0.5, 0.6) is 0 Å². The molecule has 0 unspecified atom stereocenters. The second-order valence-electron chi connectivity index (χ2n) is 4.26. The monoisotopic (exact) mass is 262 g/mol. The van der Waals surface area contributed by atoms with Crippen molar-refractivity contribution in [2.24, 2.45) is 0 Å². The minimum Gasteiger partial charge on any atom is -0.465 e. The van der Waals surface area contributed by atoms with Gasteiger partial charge in [0.25, 0.3) is 0 Å². The standard InChI is InChI=1S/C14H15FN2O2/c1-9-5-10(7-16)13(15)6-11(9)12(8-17(2)3)14(18)19-4/h5-6,8H,1-4H3/b12-8-. The van der Waals surface area contributed by atoms with Gasteiger partial charge in [-0.05, 0) is 30.2 Å². The molecule has 19 heavy (non-hydrogen) atoms. The predicted molar refractivity (Wildman–Crippen MR) is 69.5 cm³/mol. The Bertz CT molecular complexity index is 572. The number of nitrogens with zero attached hydrogens (tertiary/aromatic N) is 2. The number of nitriles is 1. The number of carbonyl (C=O) groups excluding carboxylic acids is 1. The Hall–Kier alpha value is -2.35. The van der Waals surface area contributed by atoms with Gasteiger partial charge in [-0.2, -0.15) is 5.26 Å². The summed E-state index contributed by atoms with van der Waals surface area (Å²) in [6, 6.07) is 4.36. The van der Waals surface area contributed by atoms with Crippen molar-refractivity contribution in [1.82, 2.24) is 4.90 Å². The number of rotatable bonds is 3. The van der Waals surface area contributed by atoms with Gasteiger partial charge < -0.3 is 9.64 Å². The maximum atomic E-state index is 13.7. The SMILES string of the molecule is COC(=O)/C(=C\N(C)C)c1cc(F)c(C#N)cc1C. The van der Waals surface area contributed by atoms with E-state index in [1.807, 2.05) is 0 Å². The van der Waals surface area contributed by atoms with Gasteiger partial charge in [0.2, 0.25) is 0 Å². The van der Waals surface area contributed by atoms with Crippen molar-refractivity contribution in [2.75, 3.05) is 21.2 Å². The molecule has 1 aromatic carbocycles. The first-order chi connectivity index (χ1) is 8.90. The van der Waals surface area contributed by atoms with Crippen LogP contribution in [0.2, 0.25) is 0 Å². The summed E-state index contributed by atoms with van der Waals surface area (Å²) in [5.74, 6) is -1.21.